The van der Waals surface area contributed by atoms with Gasteiger partial charge in [0.25, 0.3) is 0 Å². The van der Waals surface area contributed by atoms with Crippen LogP contribution in [0.2, 0.25) is 0 Å². The highest BCUT2D eigenvalue weighted by Gasteiger charge is 2.11. The zero-order chi connectivity index (χ0) is 13.7. The molecule has 1 N–H and O–H groups in total. The molecule has 0 atom stereocenters. The van der Waals surface area contributed by atoms with E-state index >= 15 is 0 Å². The van der Waals surface area contributed by atoms with Crippen LogP contribution >= 0.6 is 0 Å². The van der Waals surface area contributed by atoms with Gasteiger partial charge in [0.1, 0.15) is 17.9 Å². The molecule has 0 spiro atoms. The molecule has 0 bridgehead atoms. The summed E-state index contributed by atoms with van der Waals surface area (Å²) in [6, 6.07) is 14.6. The summed E-state index contributed by atoms with van der Waals surface area (Å²) in [5.74, 6) is -0.645. The lowest BCUT2D eigenvalue weighted by molar-refractivity contribution is 0.0691. The second kappa shape index (κ2) is 5.87. The number of benzene rings is 2. The minimum Gasteiger partial charge on any atom is -0.488 e. The Hall–Kier alpha value is -2.55. The van der Waals surface area contributed by atoms with Gasteiger partial charge < -0.3 is 9.84 Å². The van der Waals surface area contributed by atoms with Crippen molar-refractivity contribution in [1.29, 1.82) is 0 Å². The Morgan fingerprint density at radius 2 is 1.95 bits per heavy atom. The second-order valence-electron chi connectivity index (χ2n) is 4.04. The van der Waals surface area contributed by atoms with Crippen molar-refractivity contribution in [1.82, 2.24) is 0 Å². The summed E-state index contributed by atoms with van der Waals surface area (Å²) in [4.78, 5) is 11.2. The number of carbonyl (C=O) groups is 1. The molecular formula is C16H14O3. The smallest absolute Gasteiger partial charge is 0.339 e. The van der Waals surface area contributed by atoms with E-state index in [0.717, 1.165) is 11.1 Å². The van der Waals surface area contributed by atoms with Gasteiger partial charge >= 0.3 is 5.97 Å². The molecule has 3 heteroatoms. The van der Waals surface area contributed by atoms with Gasteiger partial charge in [-0.3, -0.25) is 0 Å². The molecule has 2 aromatic rings. The van der Waals surface area contributed by atoms with E-state index in [1.54, 1.807) is 24.3 Å². The molecule has 0 aliphatic rings. The number of carboxylic acid groups (broad SMARTS) is 1. The van der Waals surface area contributed by atoms with Gasteiger partial charge in [-0.25, -0.2) is 4.79 Å². The molecule has 0 aliphatic heterocycles. The Morgan fingerprint density at radius 1 is 1.21 bits per heavy atom. The summed E-state index contributed by atoms with van der Waals surface area (Å²) in [5.41, 5.74) is 1.89. The fourth-order valence-corrected chi connectivity index (χ4v) is 1.70. The average molecular weight is 254 g/mol. The van der Waals surface area contributed by atoms with Crippen molar-refractivity contribution in [3.63, 3.8) is 0 Å². The summed E-state index contributed by atoms with van der Waals surface area (Å²) in [5, 5.41) is 9.17. The Kier molecular flexibility index (Phi) is 3.98. The minimum atomic E-state index is -1.01. The van der Waals surface area contributed by atoms with Crippen LogP contribution in [0.3, 0.4) is 0 Å². The van der Waals surface area contributed by atoms with E-state index < -0.39 is 5.97 Å². The molecule has 0 aliphatic carbocycles. The molecule has 0 saturated heterocycles. The average Bonchev–Trinajstić information content (AvgIpc) is 2.46. The summed E-state index contributed by atoms with van der Waals surface area (Å²) < 4.78 is 5.57. The number of rotatable bonds is 5. The van der Waals surface area contributed by atoms with Crippen LogP contribution < -0.4 is 4.74 Å². The maximum atomic E-state index is 11.2. The van der Waals surface area contributed by atoms with Crippen LogP contribution in [0.25, 0.3) is 6.08 Å². The SMILES string of the molecule is C=Cc1ccc(OCc2ccccc2)c(C(=O)O)c1. The van der Waals surface area contributed by atoms with E-state index in [9.17, 15) is 4.79 Å². The monoisotopic (exact) mass is 254 g/mol. The van der Waals surface area contributed by atoms with Gasteiger partial charge in [-0.2, -0.15) is 0 Å². The fourth-order valence-electron chi connectivity index (χ4n) is 1.70. The first kappa shape index (κ1) is 12.9. The summed E-state index contributed by atoms with van der Waals surface area (Å²) in [6.45, 7) is 3.96. The Bertz CT molecular complexity index is 588. The zero-order valence-electron chi connectivity index (χ0n) is 10.4. The third-order valence-corrected chi connectivity index (χ3v) is 2.71. The lowest BCUT2D eigenvalue weighted by Gasteiger charge is -2.10. The normalized spacial score (nSPS) is 9.89. The second-order valence-corrected chi connectivity index (χ2v) is 4.04. The zero-order valence-corrected chi connectivity index (χ0v) is 10.4. The van der Waals surface area contributed by atoms with Crippen molar-refractivity contribution in [3.8, 4) is 5.75 Å². The third-order valence-electron chi connectivity index (χ3n) is 2.71. The molecule has 0 fully saturated rings. The van der Waals surface area contributed by atoms with Crippen LogP contribution in [0.1, 0.15) is 21.5 Å². The van der Waals surface area contributed by atoms with Crippen molar-refractivity contribution in [2.75, 3.05) is 0 Å². The largest absolute Gasteiger partial charge is 0.488 e. The van der Waals surface area contributed by atoms with Crippen LogP contribution in [0.15, 0.2) is 55.1 Å². The minimum absolute atomic E-state index is 0.147. The van der Waals surface area contributed by atoms with E-state index in [1.807, 2.05) is 30.3 Å². The topological polar surface area (TPSA) is 46.5 Å². The van der Waals surface area contributed by atoms with E-state index in [0.29, 0.717) is 12.4 Å². The molecule has 0 heterocycles. The molecule has 96 valence electrons. The van der Waals surface area contributed by atoms with Crippen molar-refractivity contribution in [2.45, 2.75) is 6.61 Å². The first-order chi connectivity index (χ1) is 9.20. The molecule has 3 nitrogen and oxygen atoms in total. The summed E-state index contributed by atoms with van der Waals surface area (Å²) >= 11 is 0. The molecule has 2 rings (SSSR count). The Morgan fingerprint density at radius 3 is 2.58 bits per heavy atom. The fraction of sp³-hybridized carbons (Fsp3) is 0.0625. The number of carboxylic acids is 1. The molecule has 0 saturated carbocycles. The van der Waals surface area contributed by atoms with Crippen LogP contribution in [-0.2, 0) is 6.61 Å². The molecule has 0 aromatic heterocycles. The molecule has 0 unspecified atom stereocenters. The lowest BCUT2D eigenvalue weighted by atomic mass is 10.1. The van der Waals surface area contributed by atoms with Crippen molar-refractivity contribution in [2.24, 2.45) is 0 Å². The van der Waals surface area contributed by atoms with E-state index in [-0.39, 0.29) is 5.56 Å². The lowest BCUT2D eigenvalue weighted by Crippen LogP contribution is -2.03. The van der Waals surface area contributed by atoms with E-state index in [2.05, 4.69) is 6.58 Å². The van der Waals surface area contributed by atoms with Crippen molar-refractivity contribution in [3.05, 3.63) is 71.8 Å². The molecule has 0 amide bonds. The highest BCUT2D eigenvalue weighted by Crippen LogP contribution is 2.22. The standard InChI is InChI=1S/C16H14O3/c1-2-12-8-9-15(14(10-12)16(17)18)19-11-13-6-4-3-5-7-13/h2-10H,1,11H2,(H,17,18). The van der Waals surface area contributed by atoms with Crippen LogP contribution in [0, 0.1) is 0 Å². The Labute approximate surface area is 111 Å². The number of hydrogen-bond donors (Lipinski definition) is 1. The van der Waals surface area contributed by atoms with Gasteiger partial charge in [0, 0.05) is 0 Å². The first-order valence-corrected chi connectivity index (χ1v) is 5.87. The van der Waals surface area contributed by atoms with Gasteiger partial charge in [-0.05, 0) is 23.3 Å². The van der Waals surface area contributed by atoms with Crippen LogP contribution in [0.4, 0.5) is 0 Å². The Balaban J connectivity index is 2.20. The number of ether oxygens (including phenoxy) is 1. The van der Waals surface area contributed by atoms with E-state index in [4.69, 9.17) is 9.84 Å². The summed E-state index contributed by atoms with van der Waals surface area (Å²) in [7, 11) is 0. The maximum Gasteiger partial charge on any atom is 0.339 e. The summed E-state index contributed by atoms with van der Waals surface area (Å²) in [6.07, 6.45) is 1.60. The van der Waals surface area contributed by atoms with Gasteiger partial charge in [0.2, 0.25) is 0 Å². The van der Waals surface area contributed by atoms with E-state index in [1.165, 1.54) is 0 Å². The quantitative estimate of drug-likeness (QED) is 0.886. The predicted molar refractivity (Wildman–Crippen MR) is 74.3 cm³/mol. The highest BCUT2D eigenvalue weighted by atomic mass is 16.5. The predicted octanol–water partition coefficient (Wildman–Crippen LogP) is 3.61. The van der Waals surface area contributed by atoms with Gasteiger partial charge in [-0.15, -0.1) is 0 Å². The number of hydrogen-bond acceptors (Lipinski definition) is 2. The number of aromatic carboxylic acids is 1. The molecule has 2 aromatic carbocycles. The highest BCUT2D eigenvalue weighted by molar-refractivity contribution is 5.91. The molecule has 0 radical (unpaired) electrons. The van der Waals surface area contributed by atoms with Gasteiger partial charge in [-0.1, -0.05) is 49.1 Å². The molecular weight excluding hydrogens is 240 g/mol. The van der Waals surface area contributed by atoms with Crippen molar-refractivity contribution >= 4 is 12.0 Å². The van der Waals surface area contributed by atoms with Crippen molar-refractivity contribution < 1.29 is 14.6 Å². The van der Waals surface area contributed by atoms with Gasteiger partial charge in [0.05, 0.1) is 0 Å². The van der Waals surface area contributed by atoms with Crippen LogP contribution in [0.5, 0.6) is 5.75 Å². The first-order valence-electron chi connectivity index (χ1n) is 5.87. The van der Waals surface area contributed by atoms with Gasteiger partial charge in [0.15, 0.2) is 0 Å². The maximum absolute atomic E-state index is 11.2. The third kappa shape index (κ3) is 3.22. The molecule has 19 heavy (non-hydrogen) atoms. The van der Waals surface area contributed by atoms with Crippen LogP contribution in [-0.4, -0.2) is 11.1 Å².